The van der Waals surface area contributed by atoms with Crippen LogP contribution in [0.25, 0.3) is 0 Å². The highest BCUT2D eigenvalue weighted by Gasteiger charge is 2.54. The lowest BCUT2D eigenvalue weighted by Crippen LogP contribution is -2.56. The van der Waals surface area contributed by atoms with Crippen molar-refractivity contribution in [2.75, 3.05) is 6.54 Å². The minimum Gasteiger partial charge on any atom is -0.389 e. The summed E-state index contributed by atoms with van der Waals surface area (Å²) in [5.41, 5.74) is 6.35. The normalized spacial score (nSPS) is 40.0. The summed E-state index contributed by atoms with van der Waals surface area (Å²) in [5, 5.41) is 11.4. The Hall–Kier alpha value is -0.0800. The second-order valence-electron chi connectivity index (χ2n) is 8.41. The van der Waals surface area contributed by atoms with Gasteiger partial charge in [-0.1, -0.05) is 32.6 Å². The second-order valence-corrected chi connectivity index (χ2v) is 8.41. The molecule has 0 heterocycles. The fourth-order valence-corrected chi connectivity index (χ4v) is 5.52. The fraction of sp³-hybridized carbons (Fsp3) is 1.00. The Morgan fingerprint density at radius 2 is 1.45 bits per heavy atom. The minimum atomic E-state index is -0.463. The Balaban J connectivity index is 1.72. The minimum absolute atomic E-state index is 0.0275. The van der Waals surface area contributed by atoms with Gasteiger partial charge in [-0.15, -0.1) is 0 Å². The van der Waals surface area contributed by atoms with Crippen molar-refractivity contribution in [1.29, 1.82) is 0 Å². The number of nitrogens with two attached hydrogens (primary N) is 1. The van der Waals surface area contributed by atoms with Crippen molar-refractivity contribution >= 4 is 0 Å². The molecule has 3 N–H and O–H groups in total. The highest BCUT2D eigenvalue weighted by molar-refractivity contribution is 5.06. The molecule has 0 saturated heterocycles. The molecule has 3 aliphatic carbocycles. The number of rotatable bonds is 2. The van der Waals surface area contributed by atoms with Gasteiger partial charge in [0.2, 0.25) is 0 Å². The summed E-state index contributed by atoms with van der Waals surface area (Å²) in [7, 11) is 0. The van der Waals surface area contributed by atoms with Gasteiger partial charge in [0.1, 0.15) is 0 Å². The van der Waals surface area contributed by atoms with Crippen LogP contribution in [0.1, 0.15) is 84.0 Å². The summed E-state index contributed by atoms with van der Waals surface area (Å²) in [6.45, 7) is 3.03. The Kier molecular flexibility index (Phi) is 3.92. The van der Waals surface area contributed by atoms with Gasteiger partial charge < -0.3 is 10.8 Å². The third-order valence-electron chi connectivity index (χ3n) is 7.41. The summed E-state index contributed by atoms with van der Waals surface area (Å²) in [6.07, 6.45) is 15.0. The maximum atomic E-state index is 11.4. The summed E-state index contributed by atoms with van der Waals surface area (Å²) in [4.78, 5) is 0. The lowest BCUT2D eigenvalue weighted by atomic mass is 9.54. The smallest absolute Gasteiger partial charge is 0.0716 e. The molecule has 0 aromatic carbocycles. The molecule has 3 saturated carbocycles. The molecule has 0 aliphatic heterocycles. The van der Waals surface area contributed by atoms with E-state index >= 15 is 0 Å². The molecule has 3 aliphatic rings. The Bertz CT molecular complexity index is 327. The number of aliphatic hydroxyl groups is 1. The van der Waals surface area contributed by atoms with E-state index in [1.54, 1.807) is 0 Å². The van der Waals surface area contributed by atoms with E-state index in [4.69, 9.17) is 5.73 Å². The zero-order chi connectivity index (χ0) is 14.3. The molecule has 116 valence electrons. The molecule has 0 amide bonds. The van der Waals surface area contributed by atoms with Crippen LogP contribution in [-0.4, -0.2) is 17.3 Å². The Morgan fingerprint density at radius 1 is 0.900 bits per heavy atom. The summed E-state index contributed by atoms with van der Waals surface area (Å²) >= 11 is 0. The predicted octanol–water partition coefficient (Wildman–Crippen LogP) is 4.01. The molecule has 2 nitrogen and oxygen atoms in total. The van der Waals surface area contributed by atoms with E-state index in [1.807, 2.05) is 0 Å². The maximum Gasteiger partial charge on any atom is 0.0716 e. The first-order valence-electron chi connectivity index (χ1n) is 8.96. The standard InChI is InChI=1S/C18H33NO/c1-15-4-8-17(14-19,9-5-15)18(20)12-10-16(11-13-18)6-2-3-7-16/h15,20H,2-14,19H2,1H3. The van der Waals surface area contributed by atoms with E-state index in [1.165, 1.54) is 51.4 Å². The highest BCUT2D eigenvalue weighted by atomic mass is 16.3. The zero-order valence-corrected chi connectivity index (χ0v) is 13.3. The van der Waals surface area contributed by atoms with Crippen LogP contribution in [0.15, 0.2) is 0 Å². The van der Waals surface area contributed by atoms with Crippen LogP contribution < -0.4 is 5.73 Å². The Labute approximate surface area is 124 Å². The van der Waals surface area contributed by atoms with E-state index in [0.717, 1.165) is 31.6 Å². The van der Waals surface area contributed by atoms with Crippen molar-refractivity contribution in [1.82, 2.24) is 0 Å². The quantitative estimate of drug-likeness (QED) is 0.802. The molecular formula is C18H33NO. The molecule has 20 heavy (non-hydrogen) atoms. The number of hydrogen-bond donors (Lipinski definition) is 2. The molecule has 1 spiro atoms. The average Bonchev–Trinajstić information content (AvgIpc) is 2.92. The van der Waals surface area contributed by atoms with Crippen LogP contribution in [0, 0.1) is 16.7 Å². The molecule has 0 atom stereocenters. The van der Waals surface area contributed by atoms with Gasteiger partial charge in [0.05, 0.1) is 5.60 Å². The monoisotopic (exact) mass is 279 g/mol. The second kappa shape index (κ2) is 5.28. The molecule has 0 bridgehead atoms. The van der Waals surface area contributed by atoms with Crippen molar-refractivity contribution in [3.05, 3.63) is 0 Å². The SMILES string of the molecule is CC1CCC(CN)(C2(O)CCC3(CCCC3)CC2)CC1. The van der Waals surface area contributed by atoms with Crippen molar-refractivity contribution in [3.63, 3.8) is 0 Å². The molecule has 3 rings (SSSR count). The molecule has 2 heteroatoms. The maximum absolute atomic E-state index is 11.4. The van der Waals surface area contributed by atoms with Crippen LogP contribution in [0.2, 0.25) is 0 Å². The fourth-order valence-electron chi connectivity index (χ4n) is 5.52. The van der Waals surface area contributed by atoms with Crippen LogP contribution in [0.3, 0.4) is 0 Å². The number of hydrogen-bond acceptors (Lipinski definition) is 2. The van der Waals surface area contributed by atoms with Crippen LogP contribution >= 0.6 is 0 Å². The van der Waals surface area contributed by atoms with E-state index in [-0.39, 0.29) is 5.41 Å². The van der Waals surface area contributed by atoms with Gasteiger partial charge in [-0.3, -0.25) is 0 Å². The first-order valence-corrected chi connectivity index (χ1v) is 8.96. The average molecular weight is 279 g/mol. The van der Waals surface area contributed by atoms with Gasteiger partial charge in [0.25, 0.3) is 0 Å². The van der Waals surface area contributed by atoms with Crippen molar-refractivity contribution in [2.24, 2.45) is 22.5 Å². The lowest BCUT2D eigenvalue weighted by molar-refractivity contribution is -0.142. The van der Waals surface area contributed by atoms with Gasteiger partial charge in [-0.25, -0.2) is 0 Å². The van der Waals surface area contributed by atoms with Crippen molar-refractivity contribution in [3.8, 4) is 0 Å². The first kappa shape index (κ1) is 14.8. The van der Waals surface area contributed by atoms with Crippen molar-refractivity contribution in [2.45, 2.75) is 89.6 Å². The molecule has 0 aromatic rings. The van der Waals surface area contributed by atoms with Crippen LogP contribution in [0.5, 0.6) is 0 Å². The molecular weight excluding hydrogens is 246 g/mol. The van der Waals surface area contributed by atoms with E-state index < -0.39 is 5.60 Å². The third kappa shape index (κ3) is 2.33. The van der Waals surface area contributed by atoms with E-state index in [2.05, 4.69) is 6.92 Å². The molecule has 0 unspecified atom stereocenters. The molecule has 0 aromatic heterocycles. The van der Waals surface area contributed by atoms with Crippen LogP contribution in [-0.2, 0) is 0 Å². The molecule has 0 radical (unpaired) electrons. The van der Waals surface area contributed by atoms with E-state index in [0.29, 0.717) is 12.0 Å². The van der Waals surface area contributed by atoms with Gasteiger partial charge in [-0.05, 0) is 62.7 Å². The summed E-state index contributed by atoms with van der Waals surface area (Å²) in [5.74, 6) is 0.822. The topological polar surface area (TPSA) is 46.2 Å². The van der Waals surface area contributed by atoms with Crippen LogP contribution in [0.4, 0.5) is 0 Å². The van der Waals surface area contributed by atoms with Gasteiger partial charge >= 0.3 is 0 Å². The predicted molar refractivity (Wildman–Crippen MR) is 83.4 cm³/mol. The summed E-state index contributed by atoms with van der Waals surface area (Å²) < 4.78 is 0. The lowest BCUT2D eigenvalue weighted by Gasteiger charge is -2.54. The van der Waals surface area contributed by atoms with Crippen molar-refractivity contribution < 1.29 is 5.11 Å². The van der Waals surface area contributed by atoms with Gasteiger partial charge in [0, 0.05) is 12.0 Å². The largest absolute Gasteiger partial charge is 0.389 e. The molecule has 3 fully saturated rings. The summed E-state index contributed by atoms with van der Waals surface area (Å²) in [6, 6.07) is 0. The highest BCUT2D eigenvalue weighted by Crippen LogP contribution is 2.57. The first-order chi connectivity index (χ1) is 9.53. The van der Waals surface area contributed by atoms with Gasteiger partial charge in [0.15, 0.2) is 0 Å². The van der Waals surface area contributed by atoms with E-state index in [9.17, 15) is 5.11 Å². The Morgan fingerprint density at radius 3 is 1.95 bits per heavy atom. The zero-order valence-electron chi connectivity index (χ0n) is 13.3. The third-order valence-corrected chi connectivity index (χ3v) is 7.41. The van der Waals surface area contributed by atoms with Gasteiger partial charge in [-0.2, -0.15) is 0 Å².